The Labute approximate surface area is 459 Å². The second kappa shape index (κ2) is 41.3. The van der Waals surface area contributed by atoms with E-state index >= 15 is 0 Å². The van der Waals surface area contributed by atoms with Crippen LogP contribution in [0.25, 0.3) is 0 Å². The summed E-state index contributed by atoms with van der Waals surface area (Å²) >= 11 is 14.2. The zero-order chi connectivity index (χ0) is 44.9. The topological polar surface area (TPSA) is 71.1 Å². The lowest BCUT2D eigenvalue weighted by Gasteiger charge is -2.11. The van der Waals surface area contributed by atoms with E-state index in [1.165, 1.54) is 163 Å². The highest BCUT2D eigenvalue weighted by molar-refractivity contribution is 14.1. The Bertz CT molecular complexity index is 1310. The first kappa shape index (κ1) is 59.5. The van der Waals surface area contributed by atoms with Crippen molar-refractivity contribution in [2.45, 2.75) is 205 Å². The van der Waals surface area contributed by atoms with Gasteiger partial charge in [-0.15, -0.1) is 0 Å². The number of hydrogen-bond acceptors (Lipinski definition) is 6. The molecule has 12 heteroatoms. The summed E-state index contributed by atoms with van der Waals surface area (Å²) in [6, 6.07) is 8.70. The molecule has 0 aliphatic heterocycles. The fraction of sp³-hybridized carbons (Fsp3) is 0.720. The average molecular weight is 1530 g/mol. The van der Waals surface area contributed by atoms with Gasteiger partial charge in [0.2, 0.25) is 0 Å². The van der Waals surface area contributed by atoms with E-state index in [4.69, 9.17) is 18.9 Å². The Balaban J connectivity index is 1.21. The third-order valence-electron chi connectivity index (χ3n) is 11.0. The second-order valence-electron chi connectivity index (χ2n) is 16.6. The van der Waals surface area contributed by atoms with Crippen molar-refractivity contribution in [1.29, 1.82) is 0 Å². The Hall–Kier alpha value is 1.36. The van der Waals surface area contributed by atoms with E-state index in [-0.39, 0.29) is 11.9 Å². The monoisotopic (exact) mass is 1530 g/mol. The molecule has 0 fully saturated rings. The summed E-state index contributed by atoms with van der Waals surface area (Å²) in [6.45, 7) is 2.47. The van der Waals surface area contributed by atoms with Crippen LogP contribution >= 0.6 is 136 Å². The summed E-state index contributed by atoms with van der Waals surface area (Å²) in [5.41, 5.74) is 0. The number of carbonyl (C=O) groups is 2. The molecule has 0 saturated carbocycles. The van der Waals surface area contributed by atoms with Crippen LogP contribution in [-0.2, 0) is 19.1 Å². The van der Waals surface area contributed by atoms with E-state index < -0.39 is 0 Å². The average Bonchev–Trinajstić information content (AvgIpc) is 3.22. The summed E-state index contributed by atoms with van der Waals surface area (Å²) in [5, 5.41) is 0. The van der Waals surface area contributed by atoms with Gasteiger partial charge in [0.15, 0.2) is 0 Å². The van der Waals surface area contributed by atoms with Gasteiger partial charge in [0.25, 0.3) is 0 Å². The minimum atomic E-state index is -0.0928. The molecule has 0 heterocycles. The molecule has 354 valence electrons. The van der Waals surface area contributed by atoms with Crippen molar-refractivity contribution in [2.24, 2.45) is 0 Å². The van der Waals surface area contributed by atoms with Gasteiger partial charge in [0, 0.05) is 20.0 Å². The Morgan fingerprint density at radius 1 is 0.306 bits per heavy atom. The SMILES string of the molecule is O=C(CCCCCCCCCCCCCCCCOc1c(I)cc(I)cc1I)OCCCCOC(=O)CCCCCCCCCCCCCCCCOc1c(I)cc(I)cc1I. The minimum absolute atomic E-state index is 0.0928. The smallest absolute Gasteiger partial charge is 0.305 e. The highest BCUT2D eigenvalue weighted by Crippen LogP contribution is 2.31. The normalized spacial score (nSPS) is 11.3. The van der Waals surface area contributed by atoms with E-state index in [1.807, 2.05) is 0 Å². The molecule has 0 bridgehead atoms. The number of halogens is 6. The van der Waals surface area contributed by atoms with E-state index in [2.05, 4.69) is 160 Å². The second-order valence-corrected chi connectivity index (χ2v) is 23.8. The summed E-state index contributed by atoms with van der Waals surface area (Å²) < 4.78 is 30.2. The molecule has 0 aliphatic rings. The molecule has 2 rings (SSSR count). The molecule has 2 aromatic carbocycles. The van der Waals surface area contributed by atoms with Crippen LogP contribution in [-0.4, -0.2) is 38.4 Å². The highest BCUT2D eigenvalue weighted by Gasteiger charge is 2.10. The number of ether oxygens (including phenoxy) is 4. The highest BCUT2D eigenvalue weighted by atomic mass is 127. The maximum Gasteiger partial charge on any atom is 0.305 e. The number of esters is 2. The number of unbranched alkanes of at least 4 members (excludes halogenated alkanes) is 27. The first-order valence-electron chi connectivity index (χ1n) is 24.0. The molecule has 0 spiro atoms. The van der Waals surface area contributed by atoms with E-state index in [9.17, 15) is 9.59 Å². The molecule has 0 atom stereocenters. The maximum atomic E-state index is 12.1. The third-order valence-corrected chi connectivity index (χ3v) is 15.5. The molecule has 0 N–H and O–H groups in total. The van der Waals surface area contributed by atoms with Crippen LogP contribution < -0.4 is 9.47 Å². The van der Waals surface area contributed by atoms with Gasteiger partial charge in [-0.2, -0.15) is 0 Å². The van der Waals surface area contributed by atoms with Crippen molar-refractivity contribution in [3.05, 3.63) is 45.7 Å². The fourth-order valence-corrected chi connectivity index (χ4v) is 15.2. The van der Waals surface area contributed by atoms with Crippen molar-refractivity contribution in [1.82, 2.24) is 0 Å². The van der Waals surface area contributed by atoms with E-state index in [0.717, 1.165) is 76.1 Å². The standard InChI is InChI=1S/C50H76I6O6/c51-41-37-43(53)49(44(54)38-41)61-35-27-23-19-15-11-7-3-1-5-9-13-17-21-25-31-47(57)59-33-29-30-34-60-48(58)32-26-22-18-14-10-6-2-4-8-12-16-20-24-28-36-62-50-45(55)39-42(52)40-46(50)56/h37-40H,1-36H2. The van der Waals surface area contributed by atoms with Gasteiger partial charge < -0.3 is 18.9 Å². The summed E-state index contributed by atoms with van der Waals surface area (Å²) in [4.78, 5) is 24.2. The Kier molecular flexibility index (Phi) is 39.7. The van der Waals surface area contributed by atoms with Crippen LogP contribution in [0.15, 0.2) is 24.3 Å². The van der Waals surface area contributed by atoms with Gasteiger partial charge in [-0.3, -0.25) is 9.59 Å². The maximum absolute atomic E-state index is 12.1. The van der Waals surface area contributed by atoms with Crippen LogP contribution in [0.3, 0.4) is 0 Å². The number of benzene rings is 2. The molecule has 0 aliphatic carbocycles. The van der Waals surface area contributed by atoms with Gasteiger partial charge in [-0.1, -0.05) is 154 Å². The summed E-state index contributed by atoms with van der Waals surface area (Å²) in [5.74, 6) is 1.91. The number of rotatable bonds is 41. The molecule has 0 saturated heterocycles. The molecule has 62 heavy (non-hydrogen) atoms. The van der Waals surface area contributed by atoms with Gasteiger partial charge in [-0.05, 0) is 198 Å². The quantitative estimate of drug-likeness (QED) is 0.0375. The van der Waals surface area contributed by atoms with Crippen LogP contribution in [0.5, 0.6) is 11.5 Å². The zero-order valence-corrected chi connectivity index (χ0v) is 50.4. The van der Waals surface area contributed by atoms with E-state index in [0.29, 0.717) is 26.1 Å². The first-order chi connectivity index (χ1) is 30.2. The van der Waals surface area contributed by atoms with Crippen molar-refractivity contribution >= 4 is 147 Å². The van der Waals surface area contributed by atoms with Crippen molar-refractivity contribution in [2.75, 3.05) is 26.4 Å². The lowest BCUT2D eigenvalue weighted by atomic mass is 10.0. The third kappa shape index (κ3) is 33.0. The zero-order valence-electron chi connectivity index (χ0n) is 37.5. The molecule has 0 amide bonds. The molecule has 2 aromatic rings. The van der Waals surface area contributed by atoms with Gasteiger partial charge in [0.05, 0.1) is 40.7 Å². The van der Waals surface area contributed by atoms with Gasteiger partial charge in [0.1, 0.15) is 11.5 Å². The van der Waals surface area contributed by atoms with Crippen LogP contribution in [0.4, 0.5) is 0 Å². The Morgan fingerprint density at radius 3 is 0.774 bits per heavy atom. The first-order valence-corrected chi connectivity index (χ1v) is 30.5. The molecule has 0 radical (unpaired) electrons. The van der Waals surface area contributed by atoms with Crippen molar-refractivity contribution < 1.29 is 28.5 Å². The lowest BCUT2D eigenvalue weighted by Crippen LogP contribution is -2.08. The van der Waals surface area contributed by atoms with Crippen LogP contribution in [0, 0.1) is 21.4 Å². The molecule has 6 nitrogen and oxygen atoms in total. The largest absolute Gasteiger partial charge is 0.491 e. The number of hydrogen-bond donors (Lipinski definition) is 0. The number of carbonyl (C=O) groups excluding carboxylic acids is 2. The molecule has 0 unspecified atom stereocenters. The minimum Gasteiger partial charge on any atom is -0.491 e. The molecule has 0 aromatic heterocycles. The summed E-state index contributed by atoms with van der Waals surface area (Å²) in [7, 11) is 0. The van der Waals surface area contributed by atoms with Crippen molar-refractivity contribution in [3.63, 3.8) is 0 Å². The van der Waals surface area contributed by atoms with Crippen LogP contribution in [0.1, 0.15) is 205 Å². The molecular weight excluding hydrogens is 1460 g/mol. The van der Waals surface area contributed by atoms with Crippen LogP contribution in [0.2, 0.25) is 0 Å². The predicted molar refractivity (Wildman–Crippen MR) is 310 cm³/mol. The predicted octanol–water partition coefficient (Wildman–Crippen LogP) is 18.3. The summed E-state index contributed by atoms with van der Waals surface area (Å²) in [6.07, 6.45) is 37.7. The van der Waals surface area contributed by atoms with E-state index in [1.54, 1.807) is 0 Å². The fourth-order valence-electron chi connectivity index (χ4n) is 7.39. The van der Waals surface area contributed by atoms with Gasteiger partial charge in [-0.25, -0.2) is 0 Å². The molecular formula is C50H76I6O6. The lowest BCUT2D eigenvalue weighted by molar-refractivity contribution is -0.146. The Morgan fingerprint density at radius 2 is 0.516 bits per heavy atom. The van der Waals surface area contributed by atoms with Crippen molar-refractivity contribution in [3.8, 4) is 11.5 Å². The van der Waals surface area contributed by atoms with Gasteiger partial charge >= 0.3 is 11.9 Å².